The van der Waals surface area contributed by atoms with Gasteiger partial charge in [0.25, 0.3) is 5.91 Å². The third kappa shape index (κ3) is 4.03. The first-order valence-electron chi connectivity index (χ1n) is 6.78. The number of nitrogens with zero attached hydrogens (tertiary/aromatic N) is 1. The van der Waals surface area contributed by atoms with Gasteiger partial charge in [-0.1, -0.05) is 18.2 Å². The van der Waals surface area contributed by atoms with Gasteiger partial charge in [0.15, 0.2) is 9.84 Å². The van der Waals surface area contributed by atoms with Crippen molar-refractivity contribution in [2.45, 2.75) is 18.6 Å². The molecule has 1 amide bonds. The lowest BCUT2D eigenvalue weighted by Crippen LogP contribution is -2.46. The summed E-state index contributed by atoms with van der Waals surface area (Å²) < 4.78 is 23.2. The first-order chi connectivity index (χ1) is 9.93. The van der Waals surface area contributed by atoms with E-state index in [0.717, 1.165) is 0 Å². The summed E-state index contributed by atoms with van der Waals surface area (Å²) in [4.78, 5) is 13.9. The van der Waals surface area contributed by atoms with Gasteiger partial charge >= 0.3 is 0 Å². The standard InChI is InChI=1S/C14H19NO5S/c16-9-13(17)8-15(12-6-7-21(19,20)10-12)14(18)11-4-2-1-3-5-11/h1-5,12-13,16-17H,6-10H2. The molecule has 21 heavy (non-hydrogen) atoms. The van der Waals surface area contributed by atoms with Gasteiger partial charge in [0.05, 0.1) is 24.2 Å². The minimum absolute atomic E-state index is 0.0471. The molecule has 116 valence electrons. The van der Waals surface area contributed by atoms with Crippen molar-refractivity contribution in [1.29, 1.82) is 0 Å². The Hall–Kier alpha value is -1.44. The van der Waals surface area contributed by atoms with E-state index in [0.29, 0.717) is 12.0 Å². The van der Waals surface area contributed by atoms with Crippen LogP contribution in [0, 0.1) is 0 Å². The molecule has 0 aliphatic carbocycles. The molecule has 1 aliphatic rings. The highest BCUT2D eigenvalue weighted by atomic mass is 32.2. The molecule has 2 unspecified atom stereocenters. The van der Waals surface area contributed by atoms with E-state index in [1.807, 2.05) is 0 Å². The average Bonchev–Trinajstić information content (AvgIpc) is 2.84. The number of aliphatic hydroxyl groups is 2. The molecule has 1 fully saturated rings. The Balaban J connectivity index is 2.22. The fourth-order valence-electron chi connectivity index (χ4n) is 2.45. The van der Waals surface area contributed by atoms with E-state index < -0.39 is 28.6 Å². The molecule has 1 saturated heterocycles. The van der Waals surface area contributed by atoms with Gasteiger partial charge < -0.3 is 15.1 Å². The third-order valence-electron chi connectivity index (χ3n) is 3.55. The van der Waals surface area contributed by atoms with Crippen molar-refractivity contribution in [1.82, 2.24) is 4.90 Å². The number of benzene rings is 1. The molecule has 1 aromatic carbocycles. The summed E-state index contributed by atoms with van der Waals surface area (Å²) >= 11 is 0. The molecule has 2 atom stereocenters. The highest BCUT2D eigenvalue weighted by Gasteiger charge is 2.35. The van der Waals surface area contributed by atoms with Crippen LogP contribution in [-0.2, 0) is 9.84 Å². The van der Waals surface area contributed by atoms with Gasteiger partial charge in [0.1, 0.15) is 0 Å². The van der Waals surface area contributed by atoms with Crippen LogP contribution >= 0.6 is 0 Å². The minimum Gasteiger partial charge on any atom is -0.394 e. The predicted octanol–water partition coefficient (Wildman–Crippen LogP) is -0.331. The quantitative estimate of drug-likeness (QED) is 0.776. The molecule has 0 aromatic heterocycles. The van der Waals surface area contributed by atoms with E-state index >= 15 is 0 Å². The van der Waals surface area contributed by atoms with Crippen molar-refractivity contribution in [3.63, 3.8) is 0 Å². The molecular weight excluding hydrogens is 294 g/mol. The Morgan fingerprint density at radius 3 is 2.52 bits per heavy atom. The molecule has 1 aromatic rings. The van der Waals surface area contributed by atoms with Crippen LogP contribution in [0.1, 0.15) is 16.8 Å². The van der Waals surface area contributed by atoms with Gasteiger partial charge in [-0.2, -0.15) is 0 Å². The lowest BCUT2D eigenvalue weighted by molar-refractivity contribution is 0.0375. The predicted molar refractivity (Wildman–Crippen MR) is 77.6 cm³/mol. The monoisotopic (exact) mass is 313 g/mol. The summed E-state index contributed by atoms with van der Waals surface area (Å²) in [5, 5.41) is 18.6. The van der Waals surface area contributed by atoms with Crippen LogP contribution in [-0.4, -0.2) is 66.2 Å². The number of aliphatic hydroxyl groups excluding tert-OH is 2. The zero-order valence-corrected chi connectivity index (χ0v) is 12.4. The van der Waals surface area contributed by atoms with Crippen LogP contribution in [0.5, 0.6) is 0 Å². The van der Waals surface area contributed by atoms with Crippen molar-refractivity contribution in [3.8, 4) is 0 Å². The number of carbonyl (C=O) groups excluding carboxylic acids is 1. The highest BCUT2D eigenvalue weighted by Crippen LogP contribution is 2.20. The zero-order chi connectivity index (χ0) is 15.5. The van der Waals surface area contributed by atoms with Gasteiger partial charge in [-0.15, -0.1) is 0 Å². The topological polar surface area (TPSA) is 94.9 Å². The number of sulfone groups is 1. The zero-order valence-electron chi connectivity index (χ0n) is 11.6. The second-order valence-electron chi connectivity index (χ2n) is 5.22. The fourth-order valence-corrected chi connectivity index (χ4v) is 4.18. The van der Waals surface area contributed by atoms with E-state index in [1.165, 1.54) is 4.90 Å². The van der Waals surface area contributed by atoms with Crippen LogP contribution in [0.2, 0.25) is 0 Å². The van der Waals surface area contributed by atoms with Crippen molar-refractivity contribution < 1.29 is 23.4 Å². The SMILES string of the molecule is O=C(c1ccccc1)N(CC(O)CO)C1CCS(=O)(=O)C1. The molecule has 0 bridgehead atoms. The van der Waals surface area contributed by atoms with E-state index in [-0.39, 0.29) is 24.0 Å². The van der Waals surface area contributed by atoms with Crippen LogP contribution in [0.15, 0.2) is 30.3 Å². The molecule has 0 radical (unpaired) electrons. The molecular formula is C14H19NO5S. The normalized spacial score (nSPS) is 21.9. The second-order valence-corrected chi connectivity index (χ2v) is 7.45. The van der Waals surface area contributed by atoms with Gasteiger partial charge in [0.2, 0.25) is 0 Å². The summed E-state index contributed by atoms with van der Waals surface area (Å²) in [6, 6.07) is 8.06. The van der Waals surface area contributed by atoms with Crippen LogP contribution < -0.4 is 0 Å². The van der Waals surface area contributed by atoms with Crippen LogP contribution in [0.25, 0.3) is 0 Å². The minimum atomic E-state index is -3.14. The highest BCUT2D eigenvalue weighted by molar-refractivity contribution is 7.91. The molecule has 7 heteroatoms. The molecule has 2 N–H and O–H groups in total. The number of hydrogen-bond donors (Lipinski definition) is 2. The summed E-state index contributed by atoms with van der Waals surface area (Å²) in [5.74, 6) is -0.375. The van der Waals surface area contributed by atoms with Crippen molar-refractivity contribution in [2.75, 3.05) is 24.7 Å². The van der Waals surface area contributed by atoms with E-state index in [9.17, 15) is 18.3 Å². The Labute approximate surface area is 123 Å². The van der Waals surface area contributed by atoms with Gasteiger partial charge in [-0.05, 0) is 18.6 Å². The first-order valence-corrected chi connectivity index (χ1v) is 8.60. The van der Waals surface area contributed by atoms with E-state index in [4.69, 9.17) is 5.11 Å². The summed E-state index contributed by atoms with van der Waals surface area (Å²) in [6.45, 7) is -0.553. The largest absolute Gasteiger partial charge is 0.394 e. The van der Waals surface area contributed by atoms with Gasteiger partial charge in [-0.3, -0.25) is 4.79 Å². The van der Waals surface area contributed by atoms with Gasteiger partial charge in [-0.25, -0.2) is 8.42 Å². The van der Waals surface area contributed by atoms with E-state index in [1.54, 1.807) is 30.3 Å². The Bertz CT molecular complexity index is 587. The summed E-state index contributed by atoms with van der Waals surface area (Å²) in [5.41, 5.74) is 0.437. The Morgan fingerprint density at radius 1 is 1.33 bits per heavy atom. The number of rotatable bonds is 5. The van der Waals surface area contributed by atoms with Crippen LogP contribution in [0.3, 0.4) is 0 Å². The van der Waals surface area contributed by atoms with E-state index in [2.05, 4.69) is 0 Å². The van der Waals surface area contributed by atoms with Crippen molar-refractivity contribution in [2.24, 2.45) is 0 Å². The molecule has 0 spiro atoms. The molecule has 6 nitrogen and oxygen atoms in total. The summed E-state index contributed by atoms with van der Waals surface area (Å²) in [7, 11) is -3.14. The number of hydrogen-bond acceptors (Lipinski definition) is 5. The smallest absolute Gasteiger partial charge is 0.254 e. The summed E-state index contributed by atoms with van der Waals surface area (Å²) in [6.07, 6.45) is -0.722. The Morgan fingerprint density at radius 2 is 2.00 bits per heavy atom. The maximum atomic E-state index is 12.5. The second kappa shape index (κ2) is 6.55. The van der Waals surface area contributed by atoms with Crippen LogP contribution in [0.4, 0.5) is 0 Å². The molecule has 1 aliphatic heterocycles. The Kier molecular flexibility index (Phi) is 4.97. The third-order valence-corrected chi connectivity index (χ3v) is 5.30. The molecule has 0 saturated carbocycles. The van der Waals surface area contributed by atoms with Gasteiger partial charge in [0, 0.05) is 18.2 Å². The average molecular weight is 313 g/mol. The number of amides is 1. The van der Waals surface area contributed by atoms with Crippen molar-refractivity contribution >= 4 is 15.7 Å². The fraction of sp³-hybridized carbons (Fsp3) is 0.500. The first kappa shape index (κ1) is 15.9. The lowest BCUT2D eigenvalue weighted by atomic mass is 10.1. The lowest BCUT2D eigenvalue weighted by Gasteiger charge is -2.30. The maximum absolute atomic E-state index is 12.5. The maximum Gasteiger partial charge on any atom is 0.254 e. The molecule has 2 rings (SSSR count). The number of carbonyl (C=O) groups is 1. The molecule has 1 heterocycles. The van der Waals surface area contributed by atoms with Crippen molar-refractivity contribution in [3.05, 3.63) is 35.9 Å².